The lowest BCUT2D eigenvalue weighted by molar-refractivity contribution is 0.109. The predicted octanol–water partition coefficient (Wildman–Crippen LogP) is 1.36. The van der Waals surface area contributed by atoms with E-state index in [-0.39, 0.29) is 6.10 Å². The second kappa shape index (κ2) is 7.99. The summed E-state index contributed by atoms with van der Waals surface area (Å²) < 4.78 is 15.5. The highest BCUT2D eigenvalue weighted by molar-refractivity contribution is 5.41. The van der Waals surface area contributed by atoms with Gasteiger partial charge in [0, 0.05) is 25.8 Å². The van der Waals surface area contributed by atoms with Crippen molar-refractivity contribution in [3.8, 4) is 11.5 Å². The van der Waals surface area contributed by atoms with Gasteiger partial charge in [0.2, 0.25) is 0 Å². The van der Waals surface area contributed by atoms with E-state index in [0.29, 0.717) is 30.2 Å². The van der Waals surface area contributed by atoms with Crippen molar-refractivity contribution in [1.29, 1.82) is 0 Å². The molecule has 2 unspecified atom stereocenters. The van der Waals surface area contributed by atoms with Gasteiger partial charge in [-0.2, -0.15) is 0 Å². The van der Waals surface area contributed by atoms with E-state index in [2.05, 4.69) is 5.32 Å². The van der Waals surface area contributed by atoms with Gasteiger partial charge in [0.05, 0.1) is 26.4 Å². The summed E-state index contributed by atoms with van der Waals surface area (Å²) in [6.07, 6.45) is -0.548. The third-order valence-electron chi connectivity index (χ3n) is 2.97. The molecule has 0 aromatic heterocycles. The van der Waals surface area contributed by atoms with Gasteiger partial charge in [-0.15, -0.1) is 0 Å². The smallest absolute Gasteiger partial charge is 0.124 e. The molecule has 0 amide bonds. The maximum atomic E-state index is 10.2. The lowest BCUT2D eigenvalue weighted by Gasteiger charge is -2.17. The zero-order valence-corrected chi connectivity index (χ0v) is 12.0. The van der Waals surface area contributed by atoms with E-state index >= 15 is 0 Å². The predicted molar refractivity (Wildman–Crippen MR) is 73.8 cm³/mol. The van der Waals surface area contributed by atoms with Crippen LogP contribution in [0.15, 0.2) is 18.2 Å². The first-order chi connectivity index (χ1) is 9.12. The zero-order chi connectivity index (χ0) is 14.3. The second-order valence-electron chi connectivity index (χ2n) is 4.33. The van der Waals surface area contributed by atoms with Crippen LogP contribution in [0.5, 0.6) is 11.5 Å². The summed E-state index contributed by atoms with van der Waals surface area (Å²) in [5.41, 5.74) is 0.708. The van der Waals surface area contributed by atoms with Crippen molar-refractivity contribution in [2.24, 2.45) is 0 Å². The van der Waals surface area contributed by atoms with Crippen molar-refractivity contribution in [3.63, 3.8) is 0 Å². The van der Waals surface area contributed by atoms with Crippen molar-refractivity contribution >= 4 is 0 Å². The number of nitrogens with one attached hydrogen (secondary N) is 1. The maximum Gasteiger partial charge on any atom is 0.124 e. The fourth-order valence-electron chi connectivity index (χ4n) is 1.72. The fraction of sp³-hybridized carbons (Fsp3) is 0.571. The molecular formula is C14H23NO4. The second-order valence-corrected chi connectivity index (χ2v) is 4.33. The topological polar surface area (TPSA) is 60.0 Å². The Morgan fingerprint density at radius 1 is 1.16 bits per heavy atom. The van der Waals surface area contributed by atoms with Crippen LogP contribution in [0.1, 0.15) is 18.6 Å². The number of ether oxygens (including phenoxy) is 3. The molecule has 0 aliphatic carbocycles. The van der Waals surface area contributed by atoms with Crippen LogP contribution in [0, 0.1) is 0 Å². The average molecular weight is 269 g/mol. The van der Waals surface area contributed by atoms with Gasteiger partial charge in [0.15, 0.2) is 0 Å². The minimum Gasteiger partial charge on any atom is -0.497 e. The molecule has 0 heterocycles. The molecule has 2 atom stereocenters. The van der Waals surface area contributed by atoms with E-state index in [9.17, 15) is 5.11 Å². The number of hydrogen-bond acceptors (Lipinski definition) is 5. The van der Waals surface area contributed by atoms with Crippen LogP contribution >= 0.6 is 0 Å². The Morgan fingerprint density at radius 2 is 1.89 bits per heavy atom. The van der Waals surface area contributed by atoms with Gasteiger partial charge in [-0.25, -0.2) is 0 Å². The molecule has 5 heteroatoms. The summed E-state index contributed by atoms with van der Waals surface area (Å²) >= 11 is 0. The van der Waals surface area contributed by atoms with Gasteiger partial charge in [-0.05, 0) is 25.1 Å². The molecule has 19 heavy (non-hydrogen) atoms. The lowest BCUT2D eigenvalue weighted by atomic mass is 10.1. The SMILES string of the molecule is COc1ccc(OC)c(C(O)CNCC(C)OC)c1. The number of aliphatic hydroxyl groups excluding tert-OH is 1. The van der Waals surface area contributed by atoms with Gasteiger partial charge in [0.25, 0.3) is 0 Å². The first-order valence-corrected chi connectivity index (χ1v) is 6.25. The van der Waals surface area contributed by atoms with Gasteiger partial charge >= 0.3 is 0 Å². The highest BCUT2D eigenvalue weighted by Gasteiger charge is 2.14. The van der Waals surface area contributed by atoms with Crippen molar-refractivity contribution in [1.82, 2.24) is 5.32 Å². The van der Waals surface area contributed by atoms with Crippen molar-refractivity contribution in [3.05, 3.63) is 23.8 Å². The third kappa shape index (κ3) is 4.70. The van der Waals surface area contributed by atoms with Gasteiger partial charge in [-0.3, -0.25) is 0 Å². The molecule has 0 aliphatic heterocycles. The normalized spacial score (nSPS) is 13.9. The quantitative estimate of drug-likeness (QED) is 0.746. The highest BCUT2D eigenvalue weighted by atomic mass is 16.5. The molecule has 1 aromatic rings. The maximum absolute atomic E-state index is 10.2. The summed E-state index contributed by atoms with van der Waals surface area (Å²) in [6.45, 7) is 3.07. The van der Waals surface area contributed by atoms with Gasteiger partial charge in [-0.1, -0.05) is 0 Å². The van der Waals surface area contributed by atoms with Gasteiger partial charge in [0.1, 0.15) is 11.5 Å². The fourth-order valence-corrected chi connectivity index (χ4v) is 1.72. The highest BCUT2D eigenvalue weighted by Crippen LogP contribution is 2.28. The molecule has 0 aliphatic rings. The van der Waals surface area contributed by atoms with E-state index in [0.717, 1.165) is 0 Å². The molecule has 0 radical (unpaired) electrons. The summed E-state index contributed by atoms with van der Waals surface area (Å²) in [6, 6.07) is 5.37. The molecule has 2 N–H and O–H groups in total. The van der Waals surface area contributed by atoms with Crippen LogP contribution < -0.4 is 14.8 Å². The molecule has 5 nitrogen and oxygen atoms in total. The largest absolute Gasteiger partial charge is 0.497 e. The van der Waals surface area contributed by atoms with Crippen LogP contribution in [0.4, 0.5) is 0 Å². The minimum absolute atomic E-state index is 0.111. The van der Waals surface area contributed by atoms with Crippen LogP contribution in [-0.2, 0) is 4.74 Å². The number of benzene rings is 1. The molecule has 0 bridgehead atoms. The Balaban J connectivity index is 2.66. The van der Waals surface area contributed by atoms with Crippen LogP contribution in [0.25, 0.3) is 0 Å². The van der Waals surface area contributed by atoms with Gasteiger partial charge < -0.3 is 24.6 Å². The number of hydrogen-bond donors (Lipinski definition) is 2. The van der Waals surface area contributed by atoms with E-state index < -0.39 is 6.10 Å². The van der Waals surface area contributed by atoms with Crippen LogP contribution in [0.3, 0.4) is 0 Å². The molecule has 0 saturated heterocycles. The summed E-state index contributed by atoms with van der Waals surface area (Å²) in [5, 5.41) is 13.4. The van der Waals surface area contributed by atoms with Crippen molar-refractivity contribution in [2.45, 2.75) is 19.1 Å². The Morgan fingerprint density at radius 3 is 2.47 bits per heavy atom. The number of aliphatic hydroxyl groups is 1. The molecule has 0 saturated carbocycles. The number of methoxy groups -OCH3 is 3. The van der Waals surface area contributed by atoms with Crippen LogP contribution in [-0.4, -0.2) is 45.6 Å². The Labute approximate surface area is 114 Å². The van der Waals surface area contributed by atoms with E-state index in [1.807, 2.05) is 6.92 Å². The molecule has 108 valence electrons. The summed E-state index contributed by atoms with van der Waals surface area (Å²) in [4.78, 5) is 0. The third-order valence-corrected chi connectivity index (χ3v) is 2.97. The molecule has 0 spiro atoms. The molecular weight excluding hydrogens is 246 g/mol. The van der Waals surface area contributed by atoms with E-state index in [1.54, 1.807) is 39.5 Å². The Bertz CT molecular complexity index is 384. The first-order valence-electron chi connectivity index (χ1n) is 6.25. The van der Waals surface area contributed by atoms with Crippen LogP contribution in [0.2, 0.25) is 0 Å². The van der Waals surface area contributed by atoms with E-state index in [4.69, 9.17) is 14.2 Å². The Hall–Kier alpha value is -1.30. The van der Waals surface area contributed by atoms with Crippen molar-refractivity contribution < 1.29 is 19.3 Å². The summed E-state index contributed by atoms with van der Waals surface area (Å²) in [7, 11) is 4.84. The van der Waals surface area contributed by atoms with E-state index in [1.165, 1.54) is 0 Å². The van der Waals surface area contributed by atoms with Crippen molar-refractivity contribution in [2.75, 3.05) is 34.4 Å². The Kier molecular flexibility index (Phi) is 6.62. The average Bonchev–Trinajstić information content (AvgIpc) is 2.45. The standard InChI is InChI=1S/C14H23NO4/c1-10(17-2)8-15-9-13(16)12-7-11(18-3)5-6-14(12)19-4/h5-7,10,13,15-16H,8-9H2,1-4H3. The molecule has 1 aromatic carbocycles. The first kappa shape index (κ1) is 15.8. The lowest BCUT2D eigenvalue weighted by Crippen LogP contribution is -2.29. The molecule has 1 rings (SSSR count). The minimum atomic E-state index is -0.658. The number of rotatable bonds is 8. The summed E-state index contributed by atoms with van der Waals surface area (Å²) in [5.74, 6) is 1.34. The monoisotopic (exact) mass is 269 g/mol. The zero-order valence-electron chi connectivity index (χ0n) is 12.0. The molecule has 0 fully saturated rings.